The van der Waals surface area contributed by atoms with Crippen molar-refractivity contribution in [3.05, 3.63) is 200 Å². The number of nitrogens with zero attached hydrogens (tertiary/aromatic N) is 1. The molecule has 0 aliphatic heterocycles. The molecule has 0 aliphatic carbocycles. The summed E-state index contributed by atoms with van der Waals surface area (Å²) in [5, 5.41) is 7.33. The van der Waals surface area contributed by atoms with E-state index in [9.17, 15) is 0 Å². The van der Waals surface area contributed by atoms with Crippen molar-refractivity contribution in [1.82, 2.24) is 0 Å². The summed E-state index contributed by atoms with van der Waals surface area (Å²) in [6.07, 6.45) is 0. The van der Waals surface area contributed by atoms with Gasteiger partial charge in [-0.05, 0) is 87.6 Å². The van der Waals surface area contributed by atoms with Gasteiger partial charge in [0.25, 0.3) is 0 Å². The van der Waals surface area contributed by atoms with E-state index in [4.69, 9.17) is 4.42 Å². The van der Waals surface area contributed by atoms with Gasteiger partial charge in [0, 0.05) is 53.4 Å². The van der Waals surface area contributed by atoms with Crippen LogP contribution in [0, 0.1) is 0 Å². The molecule has 2 aromatic heterocycles. The maximum atomic E-state index is 6.27. The molecule has 2 heterocycles. The molecular formula is C52H33NOS. The highest BCUT2D eigenvalue weighted by Gasteiger charge is 2.21. The van der Waals surface area contributed by atoms with Gasteiger partial charge in [-0.1, -0.05) is 146 Å². The number of anilines is 3. The number of thiophene rings is 1. The van der Waals surface area contributed by atoms with Crippen LogP contribution in [0.1, 0.15) is 0 Å². The fourth-order valence-corrected chi connectivity index (χ4v) is 9.39. The Labute approximate surface area is 322 Å². The van der Waals surface area contributed by atoms with E-state index in [0.717, 1.165) is 39.0 Å². The van der Waals surface area contributed by atoms with E-state index in [1.165, 1.54) is 64.3 Å². The molecule has 0 N–H and O–H groups in total. The smallest absolute Gasteiger partial charge is 0.135 e. The van der Waals surface area contributed by atoms with E-state index in [-0.39, 0.29) is 0 Å². The van der Waals surface area contributed by atoms with Crippen LogP contribution in [0.15, 0.2) is 205 Å². The van der Waals surface area contributed by atoms with Crippen LogP contribution >= 0.6 is 11.3 Å². The van der Waals surface area contributed by atoms with Crippen molar-refractivity contribution in [2.45, 2.75) is 0 Å². The molecule has 258 valence electrons. The van der Waals surface area contributed by atoms with Crippen LogP contribution in [0.25, 0.3) is 86.3 Å². The number of hydrogen-bond acceptors (Lipinski definition) is 3. The van der Waals surface area contributed by atoms with Gasteiger partial charge >= 0.3 is 0 Å². The Balaban J connectivity index is 1.03. The van der Waals surface area contributed by atoms with Crippen molar-refractivity contribution in [2.75, 3.05) is 4.90 Å². The predicted octanol–water partition coefficient (Wildman–Crippen LogP) is 15.6. The van der Waals surface area contributed by atoms with E-state index in [0.29, 0.717) is 0 Å². The van der Waals surface area contributed by atoms with Crippen molar-refractivity contribution in [3.8, 4) is 33.4 Å². The number of rotatable bonds is 6. The van der Waals surface area contributed by atoms with E-state index >= 15 is 0 Å². The third-order valence-corrected chi connectivity index (χ3v) is 12.1. The highest BCUT2D eigenvalue weighted by molar-refractivity contribution is 7.26. The lowest BCUT2D eigenvalue weighted by Gasteiger charge is -2.28. The van der Waals surface area contributed by atoms with Gasteiger partial charge < -0.3 is 9.32 Å². The Bertz CT molecular complexity index is 3210. The van der Waals surface area contributed by atoms with Crippen molar-refractivity contribution in [2.24, 2.45) is 0 Å². The molecular weight excluding hydrogens is 687 g/mol. The van der Waals surface area contributed by atoms with Gasteiger partial charge in [-0.25, -0.2) is 0 Å². The quantitative estimate of drug-likeness (QED) is 0.170. The zero-order valence-electron chi connectivity index (χ0n) is 29.8. The minimum atomic E-state index is 0.885. The average molecular weight is 720 g/mol. The molecule has 0 radical (unpaired) electrons. The lowest BCUT2D eigenvalue weighted by molar-refractivity contribution is 0.669. The highest BCUT2D eigenvalue weighted by atomic mass is 32.1. The zero-order chi connectivity index (χ0) is 36.3. The topological polar surface area (TPSA) is 16.4 Å². The molecule has 0 spiro atoms. The van der Waals surface area contributed by atoms with Crippen LogP contribution in [0.3, 0.4) is 0 Å². The first-order chi connectivity index (χ1) is 27.2. The van der Waals surface area contributed by atoms with E-state index in [1.807, 2.05) is 23.5 Å². The second kappa shape index (κ2) is 12.9. The molecule has 0 bridgehead atoms. The van der Waals surface area contributed by atoms with Crippen LogP contribution in [-0.4, -0.2) is 0 Å². The highest BCUT2D eigenvalue weighted by Crippen LogP contribution is 2.47. The molecule has 0 atom stereocenters. The van der Waals surface area contributed by atoms with Gasteiger partial charge in [0.05, 0.1) is 5.69 Å². The summed E-state index contributed by atoms with van der Waals surface area (Å²) in [5.41, 5.74) is 12.3. The largest absolute Gasteiger partial charge is 0.456 e. The number of hydrogen-bond donors (Lipinski definition) is 0. The van der Waals surface area contributed by atoms with Crippen LogP contribution in [0.2, 0.25) is 0 Å². The summed E-state index contributed by atoms with van der Waals surface area (Å²) >= 11 is 1.87. The minimum Gasteiger partial charge on any atom is -0.456 e. The van der Waals surface area contributed by atoms with E-state index in [2.05, 4.69) is 193 Å². The summed E-state index contributed by atoms with van der Waals surface area (Å²) in [5.74, 6) is 0. The molecule has 0 amide bonds. The first-order valence-electron chi connectivity index (χ1n) is 18.7. The van der Waals surface area contributed by atoms with Crippen LogP contribution in [-0.2, 0) is 0 Å². The average Bonchev–Trinajstić information content (AvgIpc) is 3.83. The maximum absolute atomic E-state index is 6.27. The number of para-hydroxylation sites is 2. The minimum absolute atomic E-state index is 0.885. The molecule has 11 rings (SSSR count). The molecule has 0 saturated carbocycles. The van der Waals surface area contributed by atoms with Crippen LogP contribution in [0.4, 0.5) is 17.1 Å². The first kappa shape index (κ1) is 31.6. The SMILES string of the molecule is c1ccc(N(c2ccc(-c3ccc(-c4ccc5ccccc5c4)cc3)cc2)c2ccc3oc4ccccc4c3c2)c(-c2cccc3c2sc2ccccc23)c1. The Morgan fingerprint density at radius 3 is 1.82 bits per heavy atom. The number of furan rings is 1. The summed E-state index contributed by atoms with van der Waals surface area (Å²) in [6.45, 7) is 0. The van der Waals surface area contributed by atoms with Crippen molar-refractivity contribution in [1.29, 1.82) is 0 Å². The van der Waals surface area contributed by atoms with Crippen molar-refractivity contribution >= 4 is 81.3 Å². The van der Waals surface area contributed by atoms with Gasteiger partial charge in [0.2, 0.25) is 0 Å². The summed E-state index contributed by atoms with van der Waals surface area (Å²) < 4.78 is 8.88. The third kappa shape index (κ3) is 5.40. The van der Waals surface area contributed by atoms with Crippen molar-refractivity contribution in [3.63, 3.8) is 0 Å². The normalized spacial score (nSPS) is 11.6. The fourth-order valence-electron chi connectivity index (χ4n) is 8.16. The lowest BCUT2D eigenvalue weighted by atomic mass is 9.97. The summed E-state index contributed by atoms with van der Waals surface area (Å²) in [7, 11) is 0. The standard InChI is InChI=1S/C52H33NOS/c1-2-11-38-32-39(25-24-34(38)10-1)37-22-20-35(21-23-37)36-26-28-40(29-27-36)53(41-30-31-50-47(33-41)43-13-4-7-18-49(43)54-50)48-17-6-3-12-42(48)45-15-9-16-46-44-14-5-8-19-51(44)55-52(45)46/h1-33H. The molecule has 55 heavy (non-hydrogen) atoms. The summed E-state index contributed by atoms with van der Waals surface area (Å²) in [6, 6.07) is 72.3. The predicted molar refractivity (Wildman–Crippen MR) is 235 cm³/mol. The second-order valence-corrected chi connectivity index (χ2v) is 15.2. The number of fused-ring (bicyclic) bond motifs is 7. The maximum Gasteiger partial charge on any atom is 0.135 e. The first-order valence-corrected chi connectivity index (χ1v) is 19.5. The molecule has 0 saturated heterocycles. The van der Waals surface area contributed by atoms with Crippen LogP contribution < -0.4 is 4.90 Å². The van der Waals surface area contributed by atoms with E-state index in [1.54, 1.807) is 0 Å². The molecule has 9 aromatic carbocycles. The van der Waals surface area contributed by atoms with Gasteiger partial charge in [0.1, 0.15) is 11.2 Å². The van der Waals surface area contributed by atoms with Crippen LogP contribution in [0.5, 0.6) is 0 Å². The third-order valence-electron chi connectivity index (χ3n) is 10.9. The lowest BCUT2D eigenvalue weighted by Crippen LogP contribution is -2.11. The Morgan fingerprint density at radius 1 is 0.364 bits per heavy atom. The fraction of sp³-hybridized carbons (Fsp3) is 0. The van der Waals surface area contributed by atoms with Gasteiger partial charge in [0.15, 0.2) is 0 Å². The Hall–Kier alpha value is -6.94. The molecule has 0 aliphatic rings. The Morgan fingerprint density at radius 2 is 0.964 bits per heavy atom. The second-order valence-electron chi connectivity index (χ2n) is 14.1. The van der Waals surface area contributed by atoms with E-state index < -0.39 is 0 Å². The number of benzene rings is 9. The van der Waals surface area contributed by atoms with Gasteiger partial charge in [-0.2, -0.15) is 0 Å². The molecule has 0 fully saturated rings. The molecule has 11 aromatic rings. The summed E-state index contributed by atoms with van der Waals surface area (Å²) in [4.78, 5) is 2.40. The van der Waals surface area contributed by atoms with Gasteiger partial charge in [-0.15, -0.1) is 11.3 Å². The Kier molecular flexibility index (Phi) is 7.39. The molecule has 2 nitrogen and oxygen atoms in total. The molecule has 0 unspecified atom stereocenters. The zero-order valence-corrected chi connectivity index (χ0v) is 30.6. The molecule has 3 heteroatoms. The van der Waals surface area contributed by atoms with Crippen molar-refractivity contribution < 1.29 is 4.42 Å². The van der Waals surface area contributed by atoms with Gasteiger partial charge in [-0.3, -0.25) is 0 Å². The monoisotopic (exact) mass is 719 g/mol.